The number of anilines is 1. The van der Waals surface area contributed by atoms with Crippen LogP contribution in [-0.2, 0) is 20.7 Å². The molecule has 8 nitrogen and oxygen atoms in total. The van der Waals surface area contributed by atoms with Gasteiger partial charge in [0.25, 0.3) is 5.91 Å². The zero-order valence-electron chi connectivity index (χ0n) is 27.7. The molecule has 0 saturated heterocycles. The Kier molecular flexibility index (Phi) is 13.7. The number of amides is 3. The standard InChI is InChI=1S/C38H47N3O5/c1-7-9-10-11-15-26-41(36(43)33(27-29-16-13-12-14-17-29)40-37(44)46-38(3,4)5)34(30-20-18-28(8-2)19-21-30)35(42)39-31-22-24-32(45-6)25-23-31/h2,12-14,16-25,33-34H,7,9-11,15,26-27H2,1,3-6H3,(H,39,42)(H,40,44). The number of nitrogens with zero attached hydrogens (tertiary/aromatic N) is 1. The summed E-state index contributed by atoms with van der Waals surface area (Å²) in [6.45, 7) is 7.75. The first-order chi connectivity index (χ1) is 22.0. The molecule has 3 aromatic carbocycles. The molecule has 0 bridgehead atoms. The van der Waals surface area contributed by atoms with E-state index < -0.39 is 29.7 Å². The van der Waals surface area contributed by atoms with E-state index in [2.05, 4.69) is 23.5 Å². The number of ether oxygens (including phenoxy) is 2. The van der Waals surface area contributed by atoms with Crippen molar-refractivity contribution < 1.29 is 23.9 Å². The van der Waals surface area contributed by atoms with Crippen LogP contribution in [0.25, 0.3) is 0 Å². The van der Waals surface area contributed by atoms with Gasteiger partial charge in [0.1, 0.15) is 23.4 Å². The van der Waals surface area contributed by atoms with Gasteiger partial charge in [-0.3, -0.25) is 9.59 Å². The van der Waals surface area contributed by atoms with Crippen LogP contribution in [0.5, 0.6) is 5.75 Å². The molecule has 0 aliphatic carbocycles. The summed E-state index contributed by atoms with van der Waals surface area (Å²) in [4.78, 5) is 43.5. The van der Waals surface area contributed by atoms with E-state index in [4.69, 9.17) is 15.9 Å². The summed E-state index contributed by atoms with van der Waals surface area (Å²) in [5.41, 5.74) is 1.91. The number of nitrogens with one attached hydrogen (secondary N) is 2. The van der Waals surface area contributed by atoms with Crippen LogP contribution >= 0.6 is 0 Å². The average molecular weight is 626 g/mol. The normalized spacial score (nSPS) is 12.3. The fraction of sp³-hybridized carbons (Fsp3) is 0.395. The zero-order chi connectivity index (χ0) is 33.5. The molecule has 0 spiro atoms. The molecule has 244 valence electrons. The molecule has 3 amide bonds. The molecule has 0 saturated carbocycles. The van der Waals surface area contributed by atoms with Gasteiger partial charge in [-0.25, -0.2) is 4.79 Å². The Hall–Kier alpha value is -4.77. The number of carbonyl (C=O) groups is 3. The number of benzene rings is 3. The highest BCUT2D eigenvalue weighted by Gasteiger charge is 2.36. The topological polar surface area (TPSA) is 97.0 Å². The SMILES string of the molecule is C#Cc1ccc(C(C(=O)Nc2ccc(OC)cc2)N(CCCCCCC)C(=O)C(Cc2ccccc2)NC(=O)OC(C)(C)C)cc1. The van der Waals surface area contributed by atoms with Gasteiger partial charge >= 0.3 is 6.09 Å². The van der Waals surface area contributed by atoms with Crippen LogP contribution in [0, 0.1) is 12.3 Å². The van der Waals surface area contributed by atoms with E-state index in [0.29, 0.717) is 35.5 Å². The molecule has 0 aliphatic rings. The van der Waals surface area contributed by atoms with Crippen LogP contribution in [0.15, 0.2) is 78.9 Å². The fourth-order valence-corrected chi connectivity index (χ4v) is 5.07. The van der Waals surface area contributed by atoms with Gasteiger partial charge in [-0.15, -0.1) is 6.42 Å². The van der Waals surface area contributed by atoms with Gasteiger partial charge in [-0.05, 0) is 74.7 Å². The number of methoxy groups -OCH3 is 1. The number of carbonyl (C=O) groups excluding carboxylic acids is 3. The quantitative estimate of drug-likeness (QED) is 0.137. The van der Waals surface area contributed by atoms with E-state index in [9.17, 15) is 14.4 Å². The Labute approximate surface area is 273 Å². The lowest BCUT2D eigenvalue weighted by Gasteiger charge is -2.35. The lowest BCUT2D eigenvalue weighted by molar-refractivity contribution is -0.140. The second-order valence-electron chi connectivity index (χ2n) is 12.2. The zero-order valence-corrected chi connectivity index (χ0v) is 27.7. The third-order valence-electron chi connectivity index (χ3n) is 7.37. The molecule has 0 aromatic heterocycles. The predicted octanol–water partition coefficient (Wildman–Crippen LogP) is 7.29. The maximum Gasteiger partial charge on any atom is 0.408 e. The Balaban J connectivity index is 2.06. The number of alkyl carbamates (subject to hydrolysis) is 1. The second kappa shape index (κ2) is 17.6. The van der Waals surface area contributed by atoms with Crippen molar-refractivity contribution in [3.05, 3.63) is 95.6 Å². The van der Waals surface area contributed by atoms with Gasteiger partial charge in [0.15, 0.2) is 0 Å². The summed E-state index contributed by atoms with van der Waals surface area (Å²) in [6, 6.07) is 21.5. The molecule has 2 N–H and O–H groups in total. The molecule has 0 fully saturated rings. The van der Waals surface area contributed by atoms with Gasteiger partial charge < -0.3 is 25.0 Å². The smallest absolute Gasteiger partial charge is 0.408 e. The molecule has 2 unspecified atom stereocenters. The molecule has 0 radical (unpaired) electrons. The average Bonchev–Trinajstić information content (AvgIpc) is 3.03. The summed E-state index contributed by atoms with van der Waals surface area (Å²) >= 11 is 0. The Morgan fingerprint density at radius 3 is 2.13 bits per heavy atom. The van der Waals surface area contributed by atoms with Crippen molar-refractivity contribution in [1.82, 2.24) is 10.2 Å². The van der Waals surface area contributed by atoms with Gasteiger partial charge in [0.05, 0.1) is 7.11 Å². The van der Waals surface area contributed by atoms with E-state index in [1.165, 1.54) is 0 Å². The van der Waals surface area contributed by atoms with E-state index in [-0.39, 0.29) is 12.3 Å². The minimum atomic E-state index is -1.01. The number of unbranched alkanes of at least 4 members (excludes halogenated alkanes) is 4. The number of terminal acetylenes is 1. The van der Waals surface area contributed by atoms with E-state index in [0.717, 1.165) is 31.2 Å². The molecule has 3 rings (SSSR count). The predicted molar refractivity (Wildman–Crippen MR) is 183 cm³/mol. The van der Waals surface area contributed by atoms with Crippen LogP contribution in [0.3, 0.4) is 0 Å². The molecular weight excluding hydrogens is 578 g/mol. The van der Waals surface area contributed by atoms with Crippen LogP contribution in [0.2, 0.25) is 0 Å². The third-order valence-corrected chi connectivity index (χ3v) is 7.37. The van der Waals surface area contributed by atoms with Gasteiger partial charge in [0, 0.05) is 24.2 Å². The number of rotatable bonds is 15. The van der Waals surface area contributed by atoms with Crippen molar-refractivity contribution in [2.75, 3.05) is 19.0 Å². The third kappa shape index (κ3) is 11.3. The summed E-state index contributed by atoms with van der Waals surface area (Å²) in [5.74, 6) is 2.48. The highest BCUT2D eigenvalue weighted by Crippen LogP contribution is 2.27. The van der Waals surface area contributed by atoms with Crippen LogP contribution in [0.4, 0.5) is 10.5 Å². The first kappa shape index (κ1) is 35.7. The summed E-state index contributed by atoms with van der Waals surface area (Å²) in [5, 5.41) is 5.80. The highest BCUT2D eigenvalue weighted by atomic mass is 16.6. The molecule has 3 aromatic rings. The molecule has 2 atom stereocenters. The largest absolute Gasteiger partial charge is 0.497 e. The van der Waals surface area contributed by atoms with Crippen LogP contribution in [-0.4, -0.2) is 48.1 Å². The highest BCUT2D eigenvalue weighted by molar-refractivity contribution is 5.99. The lowest BCUT2D eigenvalue weighted by Crippen LogP contribution is -2.53. The molecule has 46 heavy (non-hydrogen) atoms. The van der Waals surface area contributed by atoms with Crippen molar-refractivity contribution >= 4 is 23.6 Å². The van der Waals surface area contributed by atoms with Crippen molar-refractivity contribution in [3.8, 4) is 18.1 Å². The summed E-state index contributed by atoms with van der Waals surface area (Å²) < 4.78 is 10.8. The minimum absolute atomic E-state index is 0.216. The van der Waals surface area contributed by atoms with Gasteiger partial charge in [0.2, 0.25) is 5.91 Å². The van der Waals surface area contributed by atoms with Crippen molar-refractivity contribution in [2.45, 2.75) is 83.9 Å². The maximum absolute atomic E-state index is 14.7. The molecule has 8 heteroatoms. The van der Waals surface area contributed by atoms with Gasteiger partial charge in [-0.1, -0.05) is 81.0 Å². The van der Waals surface area contributed by atoms with E-state index in [1.807, 2.05) is 30.3 Å². The van der Waals surface area contributed by atoms with Crippen LogP contribution < -0.4 is 15.4 Å². The fourth-order valence-electron chi connectivity index (χ4n) is 5.07. The Morgan fingerprint density at radius 2 is 1.54 bits per heavy atom. The number of hydrogen-bond donors (Lipinski definition) is 2. The monoisotopic (exact) mass is 625 g/mol. The van der Waals surface area contributed by atoms with Crippen molar-refractivity contribution in [2.24, 2.45) is 0 Å². The van der Waals surface area contributed by atoms with Crippen molar-refractivity contribution in [3.63, 3.8) is 0 Å². The Bertz CT molecular complexity index is 1440. The van der Waals surface area contributed by atoms with Crippen LogP contribution in [0.1, 0.15) is 82.5 Å². The summed E-state index contributed by atoms with van der Waals surface area (Å²) in [6.07, 6.45) is 9.89. The molecular formula is C38H47N3O5. The number of hydrogen-bond acceptors (Lipinski definition) is 5. The maximum atomic E-state index is 14.7. The lowest BCUT2D eigenvalue weighted by atomic mass is 9.98. The first-order valence-electron chi connectivity index (χ1n) is 15.9. The van der Waals surface area contributed by atoms with E-state index >= 15 is 0 Å². The summed E-state index contributed by atoms with van der Waals surface area (Å²) in [7, 11) is 1.57. The minimum Gasteiger partial charge on any atom is -0.497 e. The van der Waals surface area contributed by atoms with Gasteiger partial charge in [-0.2, -0.15) is 0 Å². The first-order valence-corrected chi connectivity index (χ1v) is 15.9. The van der Waals surface area contributed by atoms with Crippen molar-refractivity contribution in [1.29, 1.82) is 0 Å². The molecule has 0 heterocycles. The van der Waals surface area contributed by atoms with E-state index in [1.54, 1.807) is 81.3 Å². The Morgan fingerprint density at radius 1 is 0.891 bits per heavy atom. The second-order valence-corrected chi connectivity index (χ2v) is 12.2. The molecule has 0 aliphatic heterocycles.